The summed E-state index contributed by atoms with van der Waals surface area (Å²) < 4.78 is 38.2. The van der Waals surface area contributed by atoms with Gasteiger partial charge in [0.25, 0.3) is 0 Å². The molecule has 0 fully saturated rings. The zero-order valence-electron chi connectivity index (χ0n) is 13.2. The van der Waals surface area contributed by atoms with Crippen molar-refractivity contribution in [2.24, 2.45) is 0 Å². The van der Waals surface area contributed by atoms with E-state index < -0.39 is 11.7 Å². The number of hydrogen-bond acceptors (Lipinski definition) is 4. The SMILES string of the molecule is CC1=Cc2ccccc2N2NN(c3ccc(C(F)(F)F)cc3)C(O)=C12. The molecule has 128 valence electrons. The number of allylic oxidation sites excluding steroid dienone is 1. The van der Waals surface area contributed by atoms with Gasteiger partial charge in [0, 0.05) is 5.56 Å². The van der Waals surface area contributed by atoms with Crippen LogP contribution in [0.15, 0.2) is 65.7 Å². The molecule has 2 N–H and O–H groups in total. The maximum absolute atomic E-state index is 12.7. The quantitative estimate of drug-likeness (QED) is 0.793. The van der Waals surface area contributed by atoms with E-state index in [9.17, 15) is 18.3 Å². The molecule has 0 bridgehead atoms. The van der Waals surface area contributed by atoms with E-state index in [1.54, 1.807) is 5.01 Å². The van der Waals surface area contributed by atoms with E-state index in [-0.39, 0.29) is 5.88 Å². The van der Waals surface area contributed by atoms with E-state index in [0.29, 0.717) is 11.4 Å². The van der Waals surface area contributed by atoms with Gasteiger partial charge in [0.15, 0.2) is 0 Å². The monoisotopic (exact) mass is 345 g/mol. The number of fused-ring (bicyclic) bond motifs is 3. The van der Waals surface area contributed by atoms with Gasteiger partial charge in [-0.05, 0) is 48.9 Å². The van der Waals surface area contributed by atoms with Crippen LogP contribution >= 0.6 is 0 Å². The summed E-state index contributed by atoms with van der Waals surface area (Å²) >= 11 is 0. The van der Waals surface area contributed by atoms with Crippen molar-refractivity contribution in [3.63, 3.8) is 0 Å². The molecule has 0 amide bonds. The highest BCUT2D eigenvalue weighted by atomic mass is 19.4. The minimum Gasteiger partial charge on any atom is -0.492 e. The first-order chi connectivity index (χ1) is 11.9. The first-order valence-corrected chi connectivity index (χ1v) is 7.61. The minimum absolute atomic E-state index is 0.0667. The molecular weight excluding hydrogens is 331 g/mol. The third kappa shape index (κ3) is 2.44. The van der Waals surface area contributed by atoms with E-state index in [2.05, 4.69) is 5.53 Å². The topological polar surface area (TPSA) is 38.7 Å². The number of nitrogens with one attached hydrogen (secondary N) is 1. The number of nitrogens with zero attached hydrogens (tertiary/aromatic N) is 2. The molecule has 0 saturated heterocycles. The van der Waals surface area contributed by atoms with E-state index in [4.69, 9.17) is 0 Å². The molecule has 2 aromatic carbocycles. The fraction of sp³-hybridized carbons (Fsp3) is 0.111. The van der Waals surface area contributed by atoms with Crippen molar-refractivity contribution in [2.75, 3.05) is 10.0 Å². The molecule has 2 aliphatic rings. The Morgan fingerprint density at radius 1 is 0.960 bits per heavy atom. The van der Waals surface area contributed by atoms with Gasteiger partial charge in [-0.2, -0.15) is 13.2 Å². The normalized spacial score (nSPS) is 16.7. The lowest BCUT2D eigenvalue weighted by atomic mass is 10.0. The van der Waals surface area contributed by atoms with Crippen LogP contribution in [-0.2, 0) is 6.18 Å². The van der Waals surface area contributed by atoms with Crippen molar-refractivity contribution in [3.05, 3.63) is 76.8 Å². The molecule has 4 nitrogen and oxygen atoms in total. The summed E-state index contributed by atoms with van der Waals surface area (Å²) in [4.78, 5) is 0. The van der Waals surface area contributed by atoms with Gasteiger partial charge in [0.1, 0.15) is 5.70 Å². The lowest BCUT2D eigenvalue weighted by Gasteiger charge is -2.28. The third-order valence-electron chi connectivity index (χ3n) is 4.22. The lowest BCUT2D eigenvalue weighted by Crippen LogP contribution is -2.42. The van der Waals surface area contributed by atoms with Gasteiger partial charge in [-0.1, -0.05) is 18.2 Å². The van der Waals surface area contributed by atoms with Crippen LogP contribution in [0.1, 0.15) is 18.1 Å². The van der Waals surface area contributed by atoms with Crippen LogP contribution in [-0.4, -0.2) is 5.11 Å². The summed E-state index contributed by atoms with van der Waals surface area (Å²) in [6.07, 6.45) is -2.44. The molecule has 0 aliphatic carbocycles. The Labute approximate surface area is 142 Å². The van der Waals surface area contributed by atoms with Crippen LogP contribution in [0, 0.1) is 0 Å². The van der Waals surface area contributed by atoms with Crippen LogP contribution in [0.25, 0.3) is 6.08 Å². The number of aliphatic hydroxyl groups is 1. The molecule has 7 heteroatoms. The van der Waals surface area contributed by atoms with Crippen molar-refractivity contribution in [1.29, 1.82) is 0 Å². The zero-order chi connectivity index (χ0) is 17.8. The van der Waals surface area contributed by atoms with Gasteiger partial charge in [-0.3, -0.25) is 5.01 Å². The molecule has 0 unspecified atom stereocenters. The minimum atomic E-state index is -4.40. The summed E-state index contributed by atoms with van der Waals surface area (Å²) in [6.45, 7) is 1.87. The standard InChI is InChI=1S/C18H14F3N3O/c1-11-10-12-4-2-3-5-15(12)24-16(11)17(25)23(22-24)14-8-6-13(7-9-14)18(19,20)21/h2-10,22,25H,1H3. The lowest BCUT2D eigenvalue weighted by molar-refractivity contribution is -0.137. The van der Waals surface area contributed by atoms with Crippen LogP contribution in [0.4, 0.5) is 24.5 Å². The molecule has 25 heavy (non-hydrogen) atoms. The van der Waals surface area contributed by atoms with Gasteiger partial charge < -0.3 is 5.11 Å². The van der Waals surface area contributed by atoms with Gasteiger partial charge >= 0.3 is 6.18 Å². The van der Waals surface area contributed by atoms with Crippen molar-refractivity contribution < 1.29 is 18.3 Å². The van der Waals surface area contributed by atoms with Gasteiger partial charge in [0.2, 0.25) is 5.88 Å². The predicted molar refractivity (Wildman–Crippen MR) is 89.3 cm³/mol. The van der Waals surface area contributed by atoms with Crippen LogP contribution in [0.5, 0.6) is 0 Å². The highest BCUT2D eigenvalue weighted by Gasteiger charge is 2.36. The number of hydrogen-bond donors (Lipinski definition) is 2. The summed E-state index contributed by atoms with van der Waals surface area (Å²) in [6, 6.07) is 12.3. The first-order valence-electron chi connectivity index (χ1n) is 7.61. The summed E-state index contributed by atoms with van der Waals surface area (Å²) in [5.74, 6) is -0.0667. The molecule has 2 aromatic rings. The highest BCUT2D eigenvalue weighted by molar-refractivity contribution is 5.81. The van der Waals surface area contributed by atoms with E-state index in [0.717, 1.165) is 29.0 Å². The fourth-order valence-corrected chi connectivity index (χ4v) is 3.02. The molecule has 2 heterocycles. The van der Waals surface area contributed by atoms with Crippen LogP contribution < -0.4 is 15.6 Å². The highest BCUT2D eigenvalue weighted by Crippen LogP contribution is 2.39. The maximum atomic E-state index is 12.7. The number of para-hydroxylation sites is 1. The zero-order valence-corrected chi connectivity index (χ0v) is 13.2. The summed E-state index contributed by atoms with van der Waals surface area (Å²) in [5.41, 5.74) is 5.94. The molecule has 2 aliphatic heterocycles. The Hall–Kier alpha value is -2.93. The average molecular weight is 345 g/mol. The molecule has 4 rings (SSSR count). The molecular formula is C18H14F3N3O. The largest absolute Gasteiger partial charge is 0.492 e. The van der Waals surface area contributed by atoms with Gasteiger partial charge in [-0.15, -0.1) is 5.53 Å². The van der Waals surface area contributed by atoms with Crippen molar-refractivity contribution in [1.82, 2.24) is 5.53 Å². The van der Waals surface area contributed by atoms with Crippen molar-refractivity contribution in [2.45, 2.75) is 13.1 Å². The van der Waals surface area contributed by atoms with E-state index in [1.807, 2.05) is 37.3 Å². The Morgan fingerprint density at radius 3 is 2.32 bits per heavy atom. The number of hydrazine groups is 2. The Bertz CT molecular complexity index is 901. The second-order valence-corrected chi connectivity index (χ2v) is 5.87. The summed E-state index contributed by atoms with van der Waals surface area (Å²) in [7, 11) is 0. The first kappa shape index (κ1) is 15.6. The Morgan fingerprint density at radius 2 is 1.64 bits per heavy atom. The summed E-state index contributed by atoms with van der Waals surface area (Å²) in [5, 5.41) is 13.7. The Balaban J connectivity index is 1.73. The number of halogens is 3. The Kier molecular flexibility index (Phi) is 3.30. The molecule has 0 saturated carbocycles. The average Bonchev–Trinajstić information content (AvgIpc) is 2.93. The number of aliphatic hydroxyl groups excluding tert-OH is 1. The second-order valence-electron chi connectivity index (χ2n) is 5.87. The number of alkyl halides is 3. The second kappa shape index (κ2) is 5.29. The smallest absolute Gasteiger partial charge is 0.416 e. The maximum Gasteiger partial charge on any atom is 0.416 e. The van der Waals surface area contributed by atoms with Crippen LogP contribution in [0.3, 0.4) is 0 Å². The van der Waals surface area contributed by atoms with E-state index >= 15 is 0 Å². The van der Waals surface area contributed by atoms with Gasteiger partial charge in [0.05, 0.1) is 16.9 Å². The molecule has 0 spiro atoms. The van der Waals surface area contributed by atoms with Crippen LogP contribution in [0.2, 0.25) is 0 Å². The third-order valence-corrected chi connectivity index (χ3v) is 4.22. The molecule has 0 aromatic heterocycles. The molecule has 0 atom stereocenters. The number of benzene rings is 2. The number of anilines is 2. The van der Waals surface area contributed by atoms with E-state index in [1.165, 1.54) is 17.1 Å². The van der Waals surface area contributed by atoms with Crippen molar-refractivity contribution >= 4 is 17.5 Å². The predicted octanol–water partition coefficient (Wildman–Crippen LogP) is 4.60. The number of rotatable bonds is 1. The van der Waals surface area contributed by atoms with Crippen molar-refractivity contribution in [3.8, 4) is 0 Å². The molecule has 0 radical (unpaired) electrons. The van der Waals surface area contributed by atoms with Gasteiger partial charge in [-0.25, -0.2) is 5.01 Å². The fourth-order valence-electron chi connectivity index (χ4n) is 3.02.